The smallest absolute Gasteiger partial charge is 0.137 e. The molecular formula is C14H14ClN3. The highest BCUT2D eigenvalue weighted by atomic mass is 35.5. The minimum absolute atomic E-state index is 0.250. The lowest BCUT2D eigenvalue weighted by atomic mass is 10.0. The standard InChI is InChI=1S/C14H14ClN3/c1-2-9-3-5-10(6-4-9)12-7-11-13(15)16-8-17-14(11)18-12/h3-6,8,12H,2,7H2,1H3,(H,16,17,18). The Morgan fingerprint density at radius 3 is 2.72 bits per heavy atom. The minimum atomic E-state index is 0.250. The Kier molecular flexibility index (Phi) is 2.92. The molecule has 0 saturated heterocycles. The summed E-state index contributed by atoms with van der Waals surface area (Å²) in [6.07, 6.45) is 3.41. The predicted octanol–water partition coefficient (Wildman–Crippen LogP) is 3.40. The van der Waals surface area contributed by atoms with Crippen molar-refractivity contribution >= 4 is 17.4 Å². The Labute approximate surface area is 111 Å². The quantitative estimate of drug-likeness (QED) is 0.840. The third-order valence-corrected chi connectivity index (χ3v) is 3.73. The Morgan fingerprint density at radius 2 is 2.06 bits per heavy atom. The Morgan fingerprint density at radius 1 is 1.28 bits per heavy atom. The summed E-state index contributed by atoms with van der Waals surface area (Å²) in [6, 6.07) is 8.94. The van der Waals surface area contributed by atoms with E-state index in [1.54, 1.807) is 0 Å². The molecular weight excluding hydrogens is 246 g/mol. The van der Waals surface area contributed by atoms with Crippen molar-refractivity contribution in [1.82, 2.24) is 9.97 Å². The molecule has 2 heterocycles. The van der Waals surface area contributed by atoms with E-state index in [4.69, 9.17) is 11.6 Å². The summed E-state index contributed by atoms with van der Waals surface area (Å²) in [4.78, 5) is 8.24. The molecule has 0 bridgehead atoms. The summed E-state index contributed by atoms with van der Waals surface area (Å²) in [5, 5.41) is 3.95. The van der Waals surface area contributed by atoms with Crippen molar-refractivity contribution in [3.05, 3.63) is 52.4 Å². The van der Waals surface area contributed by atoms with E-state index >= 15 is 0 Å². The zero-order valence-corrected chi connectivity index (χ0v) is 10.9. The molecule has 92 valence electrons. The largest absolute Gasteiger partial charge is 0.363 e. The van der Waals surface area contributed by atoms with Gasteiger partial charge >= 0.3 is 0 Å². The second-order valence-electron chi connectivity index (χ2n) is 4.49. The van der Waals surface area contributed by atoms with Crippen LogP contribution in [0.1, 0.15) is 29.7 Å². The van der Waals surface area contributed by atoms with Gasteiger partial charge in [0.05, 0.1) is 6.04 Å². The number of hydrogen-bond acceptors (Lipinski definition) is 3. The summed E-state index contributed by atoms with van der Waals surface area (Å²) in [7, 11) is 0. The molecule has 0 aliphatic carbocycles. The summed E-state index contributed by atoms with van der Waals surface area (Å²) < 4.78 is 0. The molecule has 3 nitrogen and oxygen atoms in total. The summed E-state index contributed by atoms with van der Waals surface area (Å²) in [6.45, 7) is 2.16. The number of hydrogen-bond donors (Lipinski definition) is 1. The van der Waals surface area contributed by atoms with Crippen LogP contribution in [-0.2, 0) is 12.8 Å². The molecule has 0 radical (unpaired) electrons. The molecule has 1 aromatic carbocycles. The molecule has 0 fully saturated rings. The monoisotopic (exact) mass is 259 g/mol. The van der Waals surface area contributed by atoms with Crippen molar-refractivity contribution in [2.75, 3.05) is 5.32 Å². The number of benzene rings is 1. The van der Waals surface area contributed by atoms with Gasteiger partial charge in [-0.05, 0) is 17.5 Å². The molecule has 1 aliphatic heterocycles. The molecule has 1 atom stereocenters. The third kappa shape index (κ3) is 1.95. The van der Waals surface area contributed by atoms with Gasteiger partial charge in [-0.1, -0.05) is 42.8 Å². The zero-order chi connectivity index (χ0) is 12.5. The summed E-state index contributed by atoms with van der Waals surface area (Å²) in [5.74, 6) is 0.861. The third-order valence-electron chi connectivity index (χ3n) is 3.40. The average Bonchev–Trinajstić information content (AvgIpc) is 2.84. The molecule has 1 aromatic heterocycles. The van der Waals surface area contributed by atoms with Gasteiger partial charge in [-0.25, -0.2) is 9.97 Å². The van der Waals surface area contributed by atoms with Gasteiger partial charge in [-0.15, -0.1) is 0 Å². The van der Waals surface area contributed by atoms with E-state index < -0.39 is 0 Å². The maximum absolute atomic E-state index is 6.08. The molecule has 1 aliphatic rings. The van der Waals surface area contributed by atoms with Crippen LogP contribution in [0.4, 0.5) is 5.82 Å². The summed E-state index contributed by atoms with van der Waals surface area (Å²) >= 11 is 6.08. The van der Waals surface area contributed by atoms with Crippen molar-refractivity contribution in [3.63, 3.8) is 0 Å². The SMILES string of the molecule is CCc1ccc(C2Cc3c(Cl)ncnc3N2)cc1. The molecule has 18 heavy (non-hydrogen) atoms. The number of halogens is 1. The normalized spacial score (nSPS) is 17.3. The van der Waals surface area contributed by atoms with E-state index in [9.17, 15) is 0 Å². The van der Waals surface area contributed by atoms with Gasteiger partial charge in [0.1, 0.15) is 17.3 Å². The molecule has 0 amide bonds. The Balaban J connectivity index is 1.86. The zero-order valence-electron chi connectivity index (χ0n) is 10.2. The molecule has 2 aromatic rings. The van der Waals surface area contributed by atoms with Crippen LogP contribution in [-0.4, -0.2) is 9.97 Å². The maximum atomic E-state index is 6.08. The van der Waals surface area contributed by atoms with Crippen molar-refractivity contribution in [2.45, 2.75) is 25.8 Å². The molecule has 0 saturated carbocycles. The predicted molar refractivity (Wildman–Crippen MR) is 72.9 cm³/mol. The van der Waals surface area contributed by atoms with Crippen LogP contribution >= 0.6 is 11.6 Å². The number of nitrogens with one attached hydrogen (secondary N) is 1. The van der Waals surface area contributed by atoms with Crippen LogP contribution in [0.15, 0.2) is 30.6 Å². The van der Waals surface area contributed by atoms with Gasteiger partial charge in [0.25, 0.3) is 0 Å². The first-order valence-electron chi connectivity index (χ1n) is 6.12. The van der Waals surface area contributed by atoms with Gasteiger partial charge in [-0.3, -0.25) is 0 Å². The lowest BCUT2D eigenvalue weighted by Gasteiger charge is -2.11. The lowest BCUT2D eigenvalue weighted by molar-refractivity contribution is 0.821. The first-order chi connectivity index (χ1) is 8.78. The highest BCUT2D eigenvalue weighted by molar-refractivity contribution is 6.30. The van der Waals surface area contributed by atoms with E-state index in [1.165, 1.54) is 17.5 Å². The topological polar surface area (TPSA) is 37.8 Å². The Bertz CT molecular complexity index is 566. The van der Waals surface area contributed by atoms with Crippen LogP contribution in [0.2, 0.25) is 5.15 Å². The van der Waals surface area contributed by atoms with Gasteiger partial charge in [0, 0.05) is 12.0 Å². The fourth-order valence-corrected chi connectivity index (χ4v) is 2.51. The van der Waals surface area contributed by atoms with Crippen LogP contribution in [0.3, 0.4) is 0 Å². The first-order valence-corrected chi connectivity index (χ1v) is 6.50. The Hall–Kier alpha value is -1.61. The van der Waals surface area contributed by atoms with E-state index in [-0.39, 0.29) is 6.04 Å². The lowest BCUT2D eigenvalue weighted by Crippen LogP contribution is -2.05. The first kappa shape index (κ1) is 11.5. The van der Waals surface area contributed by atoms with Gasteiger partial charge < -0.3 is 5.32 Å². The molecule has 1 N–H and O–H groups in total. The average molecular weight is 260 g/mol. The second kappa shape index (κ2) is 4.58. The van der Waals surface area contributed by atoms with E-state index in [2.05, 4.69) is 46.5 Å². The fourth-order valence-electron chi connectivity index (χ4n) is 2.30. The van der Waals surface area contributed by atoms with Gasteiger partial charge in [-0.2, -0.15) is 0 Å². The van der Waals surface area contributed by atoms with Crippen molar-refractivity contribution < 1.29 is 0 Å². The number of anilines is 1. The number of fused-ring (bicyclic) bond motifs is 1. The number of nitrogens with zero attached hydrogens (tertiary/aromatic N) is 2. The fraction of sp³-hybridized carbons (Fsp3) is 0.286. The van der Waals surface area contributed by atoms with Gasteiger partial charge in [0.15, 0.2) is 0 Å². The van der Waals surface area contributed by atoms with Crippen molar-refractivity contribution in [2.24, 2.45) is 0 Å². The summed E-state index contributed by atoms with van der Waals surface area (Å²) in [5.41, 5.74) is 3.64. The number of aryl methyl sites for hydroxylation is 1. The minimum Gasteiger partial charge on any atom is -0.363 e. The maximum Gasteiger partial charge on any atom is 0.137 e. The van der Waals surface area contributed by atoms with Crippen LogP contribution in [0, 0.1) is 0 Å². The van der Waals surface area contributed by atoms with Crippen LogP contribution in [0.5, 0.6) is 0 Å². The molecule has 3 rings (SSSR count). The highest BCUT2D eigenvalue weighted by Gasteiger charge is 2.25. The molecule has 0 spiro atoms. The number of rotatable bonds is 2. The van der Waals surface area contributed by atoms with Gasteiger partial charge in [0.2, 0.25) is 0 Å². The van der Waals surface area contributed by atoms with E-state index in [1.807, 2.05) is 0 Å². The van der Waals surface area contributed by atoms with Crippen LogP contribution < -0.4 is 5.32 Å². The molecule has 4 heteroatoms. The van der Waals surface area contributed by atoms with Crippen molar-refractivity contribution in [1.29, 1.82) is 0 Å². The number of aromatic nitrogens is 2. The van der Waals surface area contributed by atoms with Crippen molar-refractivity contribution in [3.8, 4) is 0 Å². The van der Waals surface area contributed by atoms with E-state index in [0.717, 1.165) is 24.2 Å². The van der Waals surface area contributed by atoms with Crippen LogP contribution in [0.25, 0.3) is 0 Å². The van der Waals surface area contributed by atoms with E-state index in [0.29, 0.717) is 5.15 Å². The highest BCUT2D eigenvalue weighted by Crippen LogP contribution is 2.35. The molecule has 1 unspecified atom stereocenters. The second-order valence-corrected chi connectivity index (χ2v) is 4.85.